The van der Waals surface area contributed by atoms with Gasteiger partial charge in [0.25, 0.3) is 0 Å². The summed E-state index contributed by atoms with van der Waals surface area (Å²) in [6, 6.07) is 2.98. The van der Waals surface area contributed by atoms with Crippen LogP contribution in [0.15, 0.2) is 38.4 Å². The van der Waals surface area contributed by atoms with Crippen LogP contribution in [0.1, 0.15) is 24.1 Å². The summed E-state index contributed by atoms with van der Waals surface area (Å²) in [5, 5.41) is 6.48. The number of hydrogen-bond donors (Lipinski definition) is 2. The second kappa shape index (κ2) is 5.97. The fourth-order valence-corrected chi connectivity index (χ4v) is 4.61. The monoisotopic (exact) mass is 421 g/mol. The zero-order valence-corrected chi connectivity index (χ0v) is 14.8. The lowest BCUT2D eigenvalue weighted by molar-refractivity contribution is 0.566. The molecule has 0 aliphatic rings. The van der Waals surface area contributed by atoms with E-state index >= 15 is 0 Å². The van der Waals surface area contributed by atoms with Crippen molar-refractivity contribution >= 4 is 41.9 Å². The third-order valence-electron chi connectivity index (χ3n) is 2.85. The van der Waals surface area contributed by atoms with E-state index in [-0.39, 0.29) is 10.9 Å². The lowest BCUT2D eigenvalue weighted by Crippen LogP contribution is -2.27. The van der Waals surface area contributed by atoms with Crippen molar-refractivity contribution < 1.29 is 8.42 Å². The van der Waals surface area contributed by atoms with Crippen molar-refractivity contribution in [3.8, 4) is 0 Å². The van der Waals surface area contributed by atoms with Gasteiger partial charge in [-0.05, 0) is 47.5 Å². The Hall–Kier alpha value is -0.700. The molecule has 2 rings (SSSR count). The Bertz CT molecular complexity index is 715. The first-order valence-corrected chi connectivity index (χ1v) is 8.85. The third-order valence-corrected chi connectivity index (χ3v) is 6.21. The SMILES string of the molecule is Cc1cc(Br)c(S(=O)(=O)NC(C)c2cn[nH]c2)cc1Br. The first-order chi connectivity index (χ1) is 9.31. The highest BCUT2D eigenvalue weighted by molar-refractivity contribution is 9.11. The van der Waals surface area contributed by atoms with Crippen molar-refractivity contribution in [2.24, 2.45) is 0 Å². The molecule has 0 radical (unpaired) electrons. The second-order valence-electron chi connectivity index (χ2n) is 4.41. The number of hydrogen-bond acceptors (Lipinski definition) is 3. The molecule has 0 amide bonds. The maximum atomic E-state index is 12.4. The first kappa shape index (κ1) is 15.7. The molecule has 0 fully saturated rings. The van der Waals surface area contributed by atoms with Gasteiger partial charge in [-0.2, -0.15) is 5.10 Å². The summed E-state index contributed by atoms with van der Waals surface area (Å²) in [4.78, 5) is 0.199. The number of rotatable bonds is 4. The van der Waals surface area contributed by atoms with E-state index in [0.717, 1.165) is 15.6 Å². The van der Waals surface area contributed by atoms with Crippen molar-refractivity contribution in [2.45, 2.75) is 24.8 Å². The summed E-state index contributed by atoms with van der Waals surface area (Å²) in [6.45, 7) is 3.66. The minimum Gasteiger partial charge on any atom is -0.285 e. The highest BCUT2D eigenvalue weighted by Crippen LogP contribution is 2.29. The summed E-state index contributed by atoms with van der Waals surface area (Å²) >= 11 is 6.65. The van der Waals surface area contributed by atoms with Crippen LogP contribution in [0, 0.1) is 6.92 Å². The molecule has 0 saturated carbocycles. The minimum atomic E-state index is -3.62. The minimum absolute atomic E-state index is 0.199. The van der Waals surface area contributed by atoms with Gasteiger partial charge in [-0.3, -0.25) is 5.10 Å². The summed E-state index contributed by atoms with van der Waals surface area (Å²) in [7, 11) is -3.62. The quantitative estimate of drug-likeness (QED) is 0.793. The molecular weight excluding hydrogens is 410 g/mol. The third kappa shape index (κ3) is 3.30. The second-order valence-corrected chi connectivity index (χ2v) is 7.80. The molecule has 0 spiro atoms. The Kier molecular flexibility index (Phi) is 4.68. The van der Waals surface area contributed by atoms with Crippen LogP contribution < -0.4 is 4.72 Å². The Balaban J connectivity index is 2.34. The predicted molar refractivity (Wildman–Crippen MR) is 83.9 cm³/mol. The molecule has 1 heterocycles. The normalized spacial score (nSPS) is 13.4. The average molecular weight is 423 g/mol. The number of halogens is 2. The lowest BCUT2D eigenvalue weighted by Gasteiger charge is -2.14. The zero-order chi connectivity index (χ0) is 14.9. The van der Waals surface area contributed by atoms with Gasteiger partial charge in [0.2, 0.25) is 10.0 Å². The average Bonchev–Trinajstić information content (AvgIpc) is 2.86. The van der Waals surface area contributed by atoms with Crippen molar-refractivity contribution in [3.63, 3.8) is 0 Å². The maximum absolute atomic E-state index is 12.4. The topological polar surface area (TPSA) is 74.8 Å². The smallest absolute Gasteiger partial charge is 0.242 e. The standard InChI is InChI=1S/C12H13Br2N3O2S/c1-7-3-11(14)12(4-10(7)13)20(18,19)17-8(2)9-5-15-16-6-9/h3-6,8,17H,1-2H3,(H,15,16). The van der Waals surface area contributed by atoms with Gasteiger partial charge >= 0.3 is 0 Å². The molecule has 1 aromatic heterocycles. The summed E-state index contributed by atoms with van der Waals surface area (Å²) in [5.41, 5.74) is 1.73. The van der Waals surface area contributed by atoms with Gasteiger partial charge in [-0.15, -0.1) is 0 Å². The fraction of sp³-hybridized carbons (Fsp3) is 0.250. The number of benzene rings is 1. The Morgan fingerprint density at radius 2 is 2.00 bits per heavy atom. The van der Waals surface area contributed by atoms with E-state index in [9.17, 15) is 8.42 Å². The maximum Gasteiger partial charge on any atom is 0.242 e. The van der Waals surface area contributed by atoms with E-state index in [1.54, 1.807) is 31.5 Å². The van der Waals surface area contributed by atoms with Gasteiger partial charge in [-0.25, -0.2) is 13.1 Å². The molecule has 2 N–H and O–H groups in total. The van der Waals surface area contributed by atoms with Crippen molar-refractivity contribution in [1.82, 2.24) is 14.9 Å². The van der Waals surface area contributed by atoms with E-state index in [1.807, 2.05) is 6.92 Å². The van der Waals surface area contributed by atoms with Crippen molar-refractivity contribution in [3.05, 3.63) is 44.6 Å². The van der Waals surface area contributed by atoms with Crippen LogP contribution in [0.3, 0.4) is 0 Å². The van der Waals surface area contributed by atoms with Crippen molar-refractivity contribution in [2.75, 3.05) is 0 Å². The number of H-pyrrole nitrogens is 1. The molecule has 1 aromatic carbocycles. The summed E-state index contributed by atoms with van der Waals surface area (Å²) in [5.74, 6) is 0. The van der Waals surface area contributed by atoms with Gasteiger partial charge < -0.3 is 0 Å². The number of nitrogens with one attached hydrogen (secondary N) is 2. The van der Waals surface area contributed by atoms with Crippen LogP contribution in [-0.2, 0) is 10.0 Å². The fourth-order valence-electron chi connectivity index (χ4n) is 1.70. The van der Waals surface area contributed by atoms with E-state index in [0.29, 0.717) is 4.47 Å². The van der Waals surface area contributed by atoms with Crippen molar-refractivity contribution in [1.29, 1.82) is 0 Å². The molecule has 1 unspecified atom stereocenters. The van der Waals surface area contributed by atoms with Crippen LogP contribution >= 0.6 is 31.9 Å². The van der Waals surface area contributed by atoms with Gasteiger partial charge in [0.15, 0.2) is 0 Å². The lowest BCUT2D eigenvalue weighted by atomic mass is 10.2. The Morgan fingerprint density at radius 3 is 2.60 bits per heavy atom. The van der Waals surface area contributed by atoms with Crippen LogP contribution in [0.5, 0.6) is 0 Å². The molecule has 2 aromatic rings. The summed E-state index contributed by atoms with van der Waals surface area (Å²) in [6.07, 6.45) is 3.25. The van der Waals surface area contributed by atoms with E-state index in [4.69, 9.17) is 0 Å². The number of aromatic nitrogens is 2. The number of aromatic amines is 1. The molecule has 0 aliphatic carbocycles. The highest BCUT2D eigenvalue weighted by atomic mass is 79.9. The van der Waals surface area contributed by atoms with Crippen LogP contribution in [-0.4, -0.2) is 18.6 Å². The largest absolute Gasteiger partial charge is 0.285 e. The van der Waals surface area contributed by atoms with E-state index < -0.39 is 10.0 Å². The van der Waals surface area contributed by atoms with E-state index in [2.05, 4.69) is 46.8 Å². The van der Waals surface area contributed by atoms with Gasteiger partial charge in [0, 0.05) is 26.7 Å². The summed E-state index contributed by atoms with van der Waals surface area (Å²) < 4.78 is 28.8. The van der Waals surface area contributed by atoms with Crippen LogP contribution in [0.2, 0.25) is 0 Å². The van der Waals surface area contributed by atoms with Crippen LogP contribution in [0.25, 0.3) is 0 Å². The molecule has 8 heteroatoms. The molecular formula is C12H13Br2N3O2S. The van der Waals surface area contributed by atoms with E-state index in [1.165, 1.54) is 0 Å². The first-order valence-electron chi connectivity index (χ1n) is 5.78. The number of sulfonamides is 1. The van der Waals surface area contributed by atoms with Crippen LogP contribution in [0.4, 0.5) is 0 Å². The Labute approximate surface area is 134 Å². The van der Waals surface area contributed by atoms with Gasteiger partial charge in [0.05, 0.1) is 11.1 Å². The Morgan fingerprint density at radius 1 is 1.30 bits per heavy atom. The van der Waals surface area contributed by atoms with Gasteiger partial charge in [0.1, 0.15) is 0 Å². The molecule has 5 nitrogen and oxygen atoms in total. The molecule has 108 valence electrons. The van der Waals surface area contributed by atoms with Gasteiger partial charge in [-0.1, -0.05) is 15.9 Å². The highest BCUT2D eigenvalue weighted by Gasteiger charge is 2.22. The number of aryl methyl sites for hydroxylation is 1. The molecule has 0 bridgehead atoms. The molecule has 0 saturated heterocycles. The zero-order valence-electron chi connectivity index (χ0n) is 10.8. The predicted octanol–water partition coefficient (Wildman–Crippen LogP) is 3.28. The molecule has 20 heavy (non-hydrogen) atoms. The molecule has 0 aliphatic heterocycles. The molecule has 1 atom stereocenters. The number of nitrogens with zero attached hydrogens (tertiary/aromatic N) is 1.